The summed E-state index contributed by atoms with van der Waals surface area (Å²) >= 11 is 3.29. The first kappa shape index (κ1) is 13.0. The molecule has 0 spiro atoms. The third-order valence-corrected chi connectivity index (χ3v) is 3.54. The quantitative estimate of drug-likeness (QED) is 0.908. The van der Waals surface area contributed by atoms with Gasteiger partial charge in [0.2, 0.25) is 0 Å². The first-order valence-electron chi connectivity index (χ1n) is 5.84. The molecule has 1 unspecified atom stereocenters. The zero-order chi connectivity index (χ0) is 12.5. The standard InChI is InChI=1S/C13H17BrFNO/c1-13(17)3-2-4-16(9-13)8-10-5-11(14)7-12(15)6-10/h5-7,17H,2-4,8-9H2,1H3. The summed E-state index contributed by atoms with van der Waals surface area (Å²) in [7, 11) is 0. The van der Waals surface area contributed by atoms with Crippen molar-refractivity contribution >= 4 is 15.9 Å². The average Bonchev–Trinajstić information content (AvgIpc) is 2.13. The Morgan fingerprint density at radius 1 is 1.47 bits per heavy atom. The van der Waals surface area contributed by atoms with E-state index in [1.165, 1.54) is 6.07 Å². The highest BCUT2D eigenvalue weighted by molar-refractivity contribution is 9.10. The SMILES string of the molecule is CC1(O)CCCN(Cc2cc(F)cc(Br)c2)C1. The normalized spacial score (nSPS) is 26.1. The molecule has 0 aliphatic carbocycles. The number of halogens is 2. The lowest BCUT2D eigenvalue weighted by Gasteiger charge is -2.36. The maximum Gasteiger partial charge on any atom is 0.124 e. The second-order valence-corrected chi connectivity index (χ2v) is 6.00. The molecule has 1 N–H and O–H groups in total. The maximum absolute atomic E-state index is 13.2. The highest BCUT2D eigenvalue weighted by atomic mass is 79.9. The molecular formula is C13H17BrFNO. The lowest BCUT2D eigenvalue weighted by Crippen LogP contribution is -2.45. The van der Waals surface area contributed by atoms with Crippen LogP contribution in [-0.4, -0.2) is 28.7 Å². The molecule has 1 saturated heterocycles. The summed E-state index contributed by atoms with van der Waals surface area (Å²) in [5.41, 5.74) is 0.331. The Hall–Kier alpha value is -0.450. The van der Waals surface area contributed by atoms with E-state index in [-0.39, 0.29) is 5.82 Å². The molecule has 1 aromatic carbocycles. The monoisotopic (exact) mass is 301 g/mol. The van der Waals surface area contributed by atoms with Crippen LogP contribution in [0.25, 0.3) is 0 Å². The van der Waals surface area contributed by atoms with Crippen molar-refractivity contribution in [3.8, 4) is 0 Å². The molecule has 1 aliphatic heterocycles. The number of benzene rings is 1. The van der Waals surface area contributed by atoms with E-state index in [0.717, 1.165) is 29.4 Å². The predicted molar refractivity (Wildman–Crippen MR) is 69.2 cm³/mol. The molecule has 1 aliphatic rings. The summed E-state index contributed by atoms with van der Waals surface area (Å²) in [6.45, 7) is 4.17. The fourth-order valence-electron chi connectivity index (χ4n) is 2.42. The van der Waals surface area contributed by atoms with Crippen molar-refractivity contribution in [1.82, 2.24) is 4.90 Å². The Morgan fingerprint density at radius 2 is 2.24 bits per heavy atom. The summed E-state index contributed by atoms with van der Waals surface area (Å²) in [5.74, 6) is -0.224. The van der Waals surface area contributed by atoms with E-state index in [2.05, 4.69) is 20.8 Å². The fraction of sp³-hybridized carbons (Fsp3) is 0.538. The van der Waals surface area contributed by atoms with Crippen molar-refractivity contribution in [2.75, 3.05) is 13.1 Å². The molecule has 2 rings (SSSR count). The number of nitrogens with zero attached hydrogens (tertiary/aromatic N) is 1. The van der Waals surface area contributed by atoms with E-state index >= 15 is 0 Å². The Bertz CT molecular complexity index is 388. The fourth-order valence-corrected chi connectivity index (χ4v) is 2.93. The van der Waals surface area contributed by atoms with E-state index in [1.54, 1.807) is 6.07 Å². The lowest BCUT2D eigenvalue weighted by atomic mass is 9.95. The van der Waals surface area contributed by atoms with Gasteiger partial charge in [-0.3, -0.25) is 4.90 Å². The number of hydrogen-bond acceptors (Lipinski definition) is 2. The van der Waals surface area contributed by atoms with Gasteiger partial charge >= 0.3 is 0 Å². The van der Waals surface area contributed by atoms with Crippen LogP contribution < -0.4 is 0 Å². The molecular weight excluding hydrogens is 285 g/mol. The van der Waals surface area contributed by atoms with Crippen LogP contribution in [0.3, 0.4) is 0 Å². The van der Waals surface area contributed by atoms with Gasteiger partial charge in [-0.1, -0.05) is 15.9 Å². The van der Waals surface area contributed by atoms with Crippen molar-refractivity contribution < 1.29 is 9.50 Å². The molecule has 2 nitrogen and oxygen atoms in total. The third-order valence-electron chi connectivity index (χ3n) is 3.08. The van der Waals surface area contributed by atoms with Gasteiger partial charge in [0.1, 0.15) is 5.82 Å². The molecule has 1 atom stereocenters. The minimum absolute atomic E-state index is 0.224. The number of aliphatic hydroxyl groups is 1. The van der Waals surface area contributed by atoms with Gasteiger partial charge in [-0.2, -0.15) is 0 Å². The minimum atomic E-state index is -0.608. The van der Waals surface area contributed by atoms with Crippen LogP contribution in [0.5, 0.6) is 0 Å². The van der Waals surface area contributed by atoms with Crippen molar-refractivity contribution in [1.29, 1.82) is 0 Å². The molecule has 0 radical (unpaired) electrons. The summed E-state index contributed by atoms with van der Waals surface area (Å²) in [4.78, 5) is 2.17. The molecule has 0 amide bonds. The second kappa shape index (κ2) is 5.04. The molecule has 0 saturated carbocycles. The van der Waals surface area contributed by atoms with Crippen molar-refractivity contribution in [3.63, 3.8) is 0 Å². The Labute approximate surface area is 110 Å². The van der Waals surface area contributed by atoms with Crippen molar-refractivity contribution in [2.45, 2.75) is 31.9 Å². The largest absolute Gasteiger partial charge is 0.389 e. The Kier molecular flexibility index (Phi) is 3.85. The van der Waals surface area contributed by atoms with E-state index in [9.17, 15) is 9.50 Å². The van der Waals surface area contributed by atoms with Gasteiger partial charge in [0, 0.05) is 17.6 Å². The number of piperidine rings is 1. The molecule has 94 valence electrons. The van der Waals surface area contributed by atoms with E-state index in [0.29, 0.717) is 13.1 Å². The first-order valence-corrected chi connectivity index (χ1v) is 6.64. The number of β-amino-alcohol motifs (C(OH)–C–C–N with tert-alkyl or cyclic N) is 1. The van der Waals surface area contributed by atoms with Crippen molar-refractivity contribution in [3.05, 3.63) is 34.1 Å². The highest BCUT2D eigenvalue weighted by Gasteiger charge is 2.28. The molecule has 17 heavy (non-hydrogen) atoms. The summed E-state index contributed by atoms with van der Waals surface area (Å²) < 4.78 is 14.0. The van der Waals surface area contributed by atoms with Crippen LogP contribution >= 0.6 is 15.9 Å². The van der Waals surface area contributed by atoms with Crippen LogP contribution in [0.4, 0.5) is 4.39 Å². The number of hydrogen-bond donors (Lipinski definition) is 1. The molecule has 1 fully saturated rings. The van der Waals surface area contributed by atoms with Crippen LogP contribution in [0.1, 0.15) is 25.3 Å². The summed E-state index contributed by atoms with van der Waals surface area (Å²) in [6, 6.07) is 4.93. The zero-order valence-corrected chi connectivity index (χ0v) is 11.5. The topological polar surface area (TPSA) is 23.5 Å². The molecule has 1 aromatic rings. The third kappa shape index (κ3) is 3.76. The van der Waals surface area contributed by atoms with Crippen LogP contribution in [0, 0.1) is 5.82 Å². The lowest BCUT2D eigenvalue weighted by molar-refractivity contribution is -0.0181. The second-order valence-electron chi connectivity index (χ2n) is 5.09. The molecule has 0 bridgehead atoms. The van der Waals surface area contributed by atoms with E-state index in [1.807, 2.05) is 13.0 Å². The predicted octanol–water partition coefficient (Wildman–Crippen LogP) is 2.94. The van der Waals surface area contributed by atoms with E-state index in [4.69, 9.17) is 0 Å². The van der Waals surface area contributed by atoms with Gasteiger partial charge in [0.25, 0.3) is 0 Å². The van der Waals surface area contributed by atoms with Gasteiger partial charge in [0.15, 0.2) is 0 Å². The van der Waals surface area contributed by atoms with Crippen LogP contribution in [0.15, 0.2) is 22.7 Å². The van der Waals surface area contributed by atoms with Gasteiger partial charge in [-0.25, -0.2) is 4.39 Å². The summed E-state index contributed by atoms with van der Waals surface area (Å²) in [5, 5.41) is 10.0. The Balaban J connectivity index is 2.05. The molecule has 0 aromatic heterocycles. The minimum Gasteiger partial charge on any atom is -0.389 e. The number of likely N-dealkylation sites (tertiary alicyclic amines) is 1. The van der Waals surface area contributed by atoms with Crippen LogP contribution in [0.2, 0.25) is 0 Å². The van der Waals surface area contributed by atoms with Crippen molar-refractivity contribution in [2.24, 2.45) is 0 Å². The van der Waals surface area contributed by atoms with Gasteiger partial charge < -0.3 is 5.11 Å². The first-order chi connectivity index (χ1) is 7.94. The van der Waals surface area contributed by atoms with Gasteiger partial charge in [-0.15, -0.1) is 0 Å². The smallest absolute Gasteiger partial charge is 0.124 e. The number of rotatable bonds is 2. The zero-order valence-electron chi connectivity index (χ0n) is 9.92. The summed E-state index contributed by atoms with van der Waals surface area (Å²) in [6.07, 6.45) is 1.83. The molecule has 4 heteroatoms. The average molecular weight is 302 g/mol. The maximum atomic E-state index is 13.2. The van der Waals surface area contributed by atoms with E-state index < -0.39 is 5.60 Å². The Morgan fingerprint density at radius 3 is 2.88 bits per heavy atom. The van der Waals surface area contributed by atoms with Gasteiger partial charge in [0.05, 0.1) is 5.60 Å². The molecule has 1 heterocycles. The highest BCUT2D eigenvalue weighted by Crippen LogP contribution is 2.23. The van der Waals surface area contributed by atoms with Crippen LogP contribution in [-0.2, 0) is 6.54 Å². The van der Waals surface area contributed by atoms with Gasteiger partial charge in [-0.05, 0) is 50.1 Å².